The SMILES string of the molecule is C#Cc1c(F)ccc2cc(O)cc(-c3ncc4c(N(CCC=C)CCNC=O)nc(OCC5(CN6CCN(CC7CCN(c8ccc9c(c8)CN(C8CCC(=C)NC8=O)C9=O)CC7)CC6)CC5)nc4c3F)c12. The minimum atomic E-state index is -0.815. The first kappa shape index (κ1) is 48.5. The lowest BCUT2D eigenvalue weighted by atomic mass is 9.95. The summed E-state index contributed by atoms with van der Waals surface area (Å²) in [6.45, 7) is 17.3. The number of hydrogen-bond acceptors (Lipinski definition) is 12. The van der Waals surface area contributed by atoms with E-state index in [0.29, 0.717) is 92.2 Å². The Morgan fingerprint density at radius 1 is 1.00 bits per heavy atom. The van der Waals surface area contributed by atoms with Crippen molar-refractivity contribution in [2.45, 2.75) is 57.5 Å². The zero-order valence-corrected chi connectivity index (χ0v) is 40.5. The van der Waals surface area contributed by atoms with E-state index in [1.165, 1.54) is 30.5 Å². The zero-order chi connectivity index (χ0) is 50.1. The van der Waals surface area contributed by atoms with Gasteiger partial charge in [0.1, 0.15) is 34.6 Å². The zero-order valence-electron chi connectivity index (χ0n) is 40.5. The molecule has 5 aliphatic rings. The van der Waals surface area contributed by atoms with Crippen LogP contribution in [-0.2, 0) is 16.1 Å². The molecule has 3 aromatic carbocycles. The molecule has 374 valence electrons. The molecule has 1 unspecified atom stereocenters. The van der Waals surface area contributed by atoms with Crippen molar-refractivity contribution in [1.29, 1.82) is 0 Å². The van der Waals surface area contributed by atoms with Gasteiger partial charge in [-0.1, -0.05) is 24.6 Å². The summed E-state index contributed by atoms with van der Waals surface area (Å²) < 4.78 is 38.7. The number of pyridine rings is 1. The monoisotopic (exact) mass is 978 g/mol. The van der Waals surface area contributed by atoms with E-state index in [9.17, 15) is 19.5 Å². The topological polar surface area (TPSA) is 160 Å². The van der Waals surface area contributed by atoms with Crippen LogP contribution in [0.3, 0.4) is 0 Å². The van der Waals surface area contributed by atoms with Gasteiger partial charge < -0.3 is 45.0 Å². The number of allylic oxidation sites excluding steroid dienone is 1. The van der Waals surface area contributed by atoms with Crippen LogP contribution in [0.1, 0.15) is 66.4 Å². The number of terminal acetylenes is 1. The van der Waals surface area contributed by atoms with Crippen molar-refractivity contribution < 1.29 is 33.0 Å². The number of nitrogens with one attached hydrogen (secondary N) is 2. The third-order valence-electron chi connectivity index (χ3n) is 15.2. The minimum Gasteiger partial charge on any atom is -0.508 e. The fraction of sp³-hybridized carbons (Fsp3) is 0.418. The molecule has 72 heavy (non-hydrogen) atoms. The van der Waals surface area contributed by atoms with Crippen molar-refractivity contribution in [3.8, 4) is 35.4 Å². The molecule has 6 heterocycles. The summed E-state index contributed by atoms with van der Waals surface area (Å²) in [4.78, 5) is 62.4. The number of halogens is 2. The molecule has 5 aromatic rings. The summed E-state index contributed by atoms with van der Waals surface area (Å²) >= 11 is 0. The maximum atomic E-state index is 17.2. The van der Waals surface area contributed by atoms with Gasteiger partial charge in [-0.2, -0.15) is 9.97 Å². The van der Waals surface area contributed by atoms with Crippen LogP contribution in [-0.4, -0.2) is 138 Å². The largest absolute Gasteiger partial charge is 0.508 e. The van der Waals surface area contributed by atoms with Crippen LogP contribution in [0.5, 0.6) is 11.8 Å². The maximum absolute atomic E-state index is 17.2. The molecule has 4 aliphatic heterocycles. The summed E-state index contributed by atoms with van der Waals surface area (Å²) in [7, 11) is 0. The Balaban J connectivity index is 0.779. The number of ether oxygens (including phenoxy) is 1. The standard InChI is InChI=1S/C55H60F2N10O5/c1-4-6-18-66(21-17-58-34-68)51-44-29-59-49(43-28-40(69)27-37-8-11-45(56)41(5-2)47(37)43)48(57)50(44)61-54(62-51)72-33-55(15-16-55)32-64-24-22-63(23-25-64)30-36-13-19-65(20-14-36)39-9-10-42-38(26-39)31-67(53(42)71)46-12-7-35(3)60-52(46)70/h2,4,8-11,26-29,34,36,46,69H,1,3,6-7,12-25,30-33H2,(H,58,68)(H,60,70). The summed E-state index contributed by atoms with van der Waals surface area (Å²) in [6, 6.07) is 11.1. The maximum Gasteiger partial charge on any atom is 0.319 e. The molecule has 17 heteroatoms. The van der Waals surface area contributed by atoms with E-state index in [2.05, 4.69) is 66.5 Å². The normalized spacial score (nSPS) is 19.3. The molecule has 0 bridgehead atoms. The summed E-state index contributed by atoms with van der Waals surface area (Å²) in [5, 5.41) is 17.2. The number of aromatic hydroxyl groups is 1. The number of benzene rings is 3. The number of piperazine rings is 1. The molecule has 3 N–H and O–H groups in total. The number of piperidine rings is 2. The van der Waals surface area contributed by atoms with Gasteiger partial charge in [0.15, 0.2) is 5.82 Å². The van der Waals surface area contributed by atoms with E-state index in [0.717, 1.165) is 89.3 Å². The summed E-state index contributed by atoms with van der Waals surface area (Å²) in [6.07, 6.45) is 15.6. The number of carbonyl (C=O) groups is 3. The van der Waals surface area contributed by atoms with E-state index >= 15 is 8.78 Å². The first-order valence-electron chi connectivity index (χ1n) is 25.0. The predicted molar refractivity (Wildman–Crippen MR) is 272 cm³/mol. The van der Waals surface area contributed by atoms with Gasteiger partial charge in [-0.25, -0.2) is 8.78 Å². The van der Waals surface area contributed by atoms with Crippen LogP contribution in [0.15, 0.2) is 73.6 Å². The number of carbonyl (C=O) groups excluding carboxylic acids is 3. The number of anilines is 2. The van der Waals surface area contributed by atoms with Gasteiger partial charge >= 0.3 is 6.01 Å². The third-order valence-corrected chi connectivity index (χ3v) is 15.2. The van der Waals surface area contributed by atoms with Gasteiger partial charge in [0.2, 0.25) is 12.3 Å². The lowest BCUT2D eigenvalue weighted by molar-refractivity contribution is -0.126. The molecular formula is C55H60F2N10O5. The van der Waals surface area contributed by atoms with E-state index in [1.807, 2.05) is 11.0 Å². The molecule has 10 rings (SSSR count). The number of nitrogens with zero attached hydrogens (tertiary/aromatic N) is 8. The van der Waals surface area contributed by atoms with Gasteiger partial charge in [0, 0.05) is 118 Å². The molecule has 1 saturated carbocycles. The number of rotatable bonds is 18. The van der Waals surface area contributed by atoms with Gasteiger partial charge in [-0.05, 0) is 98.2 Å². The van der Waals surface area contributed by atoms with Gasteiger partial charge in [-0.15, -0.1) is 13.0 Å². The van der Waals surface area contributed by atoms with Gasteiger partial charge in [0.25, 0.3) is 5.91 Å². The highest BCUT2D eigenvalue weighted by atomic mass is 19.1. The molecule has 3 amide bonds. The fourth-order valence-corrected chi connectivity index (χ4v) is 11.0. The van der Waals surface area contributed by atoms with Crippen molar-refractivity contribution in [2.24, 2.45) is 11.3 Å². The Morgan fingerprint density at radius 2 is 1.79 bits per heavy atom. The lowest BCUT2D eigenvalue weighted by Gasteiger charge is -2.40. The van der Waals surface area contributed by atoms with Gasteiger partial charge in [0.05, 0.1) is 17.6 Å². The first-order valence-corrected chi connectivity index (χ1v) is 25.0. The van der Waals surface area contributed by atoms with Crippen LogP contribution in [0.2, 0.25) is 0 Å². The van der Waals surface area contributed by atoms with Crippen molar-refractivity contribution in [1.82, 2.24) is 40.3 Å². The highest BCUT2D eigenvalue weighted by Gasteiger charge is 2.46. The van der Waals surface area contributed by atoms with Crippen LogP contribution < -0.4 is 25.2 Å². The number of phenolic OH excluding ortho intramolecular Hbond substituents is 1. The molecule has 1 atom stereocenters. The number of phenols is 1. The third kappa shape index (κ3) is 9.90. The van der Waals surface area contributed by atoms with Crippen molar-refractivity contribution in [3.63, 3.8) is 0 Å². The first-order chi connectivity index (χ1) is 34.9. The smallest absolute Gasteiger partial charge is 0.319 e. The molecule has 1 aliphatic carbocycles. The second-order valence-electron chi connectivity index (χ2n) is 20.0. The van der Waals surface area contributed by atoms with Crippen molar-refractivity contribution >= 4 is 51.4 Å². The van der Waals surface area contributed by atoms with Gasteiger partial charge in [-0.3, -0.25) is 19.4 Å². The van der Waals surface area contributed by atoms with Crippen LogP contribution in [0.4, 0.5) is 20.3 Å². The van der Waals surface area contributed by atoms with Crippen LogP contribution in [0.25, 0.3) is 32.9 Å². The average molecular weight is 979 g/mol. The second kappa shape index (κ2) is 20.5. The van der Waals surface area contributed by atoms with E-state index in [-0.39, 0.29) is 56.7 Å². The molecule has 0 radical (unpaired) electrons. The highest BCUT2D eigenvalue weighted by Crippen LogP contribution is 2.47. The van der Waals surface area contributed by atoms with E-state index < -0.39 is 17.7 Å². The Labute approximate surface area is 417 Å². The molecule has 4 fully saturated rings. The Kier molecular flexibility index (Phi) is 13.8. The molecular weight excluding hydrogens is 919 g/mol. The Hall–Kier alpha value is -7.16. The number of aromatic nitrogens is 3. The average Bonchev–Trinajstić information content (AvgIpc) is 4.07. The fourth-order valence-electron chi connectivity index (χ4n) is 11.0. The van der Waals surface area contributed by atoms with E-state index in [1.54, 1.807) is 11.0 Å². The Bertz CT molecular complexity index is 3000. The van der Waals surface area contributed by atoms with Crippen LogP contribution >= 0.6 is 0 Å². The lowest BCUT2D eigenvalue weighted by Crippen LogP contribution is -2.50. The van der Waals surface area contributed by atoms with E-state index in [4.69, 9.17) is 16.1 Å². The van der Waals surface area contributed by atoms with Crippen molar-refractivity contribution in [3.05, 3.63) is 102 Å². The molecule has 3 saturated heterocycles. The number of amides is 3. The summed E-state index contributed by atoms with van der Waals surface area (Å²) in [5.74, 6) is 1.48. The minimum absolute atomic E-state index is 0.00559. The molecule has 15 nitrogen and oxygen atoms in total. The summed E-state index contributed by atoms with van der Waals surface area (Å²) in [5.41, 5.74) is 3.19. The number of hydrogen-bond donors (Lipinski definition) is 3. The second-order valence-corrected chi connectivity index (χ2v) is 20.0. The molecule has 2 aromatic heterocycles. The van der Waals surface area contributed by atoms with Crippen LogP contribution in [0, 0.1) is 35.3 Å². The predicted octanol–water partition coefficient (Wildman–Crippen LogP) is 6.38. The quantitative estimate of drug-likeness (QED) is 0.0386. The van der Waals surface area contributed by atoms with Crippen molar-refractivity contribution in [2.75, 3.05) is 88.4 Å². The molecule has 0 spiro atoms. The highest BCUT2D eigenvalue weighted by molar-refractivity contribution is 6.03. The Morgan fingerprint density at radius 3 is 2.53 bits per heavy atom. The number of fused-ring (bicyclic) bond motifs is 3.